The molecule has 18 heavy (non-hydrogen) atoms. The Bertz CT molecular complexity index is 745. The van der Waals surface area contributed by atoms with E-state index in [1.165, 1.54) is 11.3 Å². The van der Waals surface area contributed by atoms with Crippen molar-refractivity contribution in [3.8, 4) is 0 Å². The number of para-hydroxylation sites is 1. The summed E-state index contributed by atoms with van der Waals surface area (Å²) in [4.78, 5) is 12.0. The summed E-state index contributed by atoms with van der Waals surface area (Å²) < 4.78 is 2.67. The summed E-state index contributed by atoms with van der Waals surface area (Å²) in [5.41, 5.74) is 1.93. The highest BCUT2D eigenvalue weighted by Gasteiger charge is 2.10. The SMILES string of the molecule is O=c1sc2cccc(Cl)c2n1Cc1ccccc1. The molecule has 2 aromatic carbocycles. The smallest absolute Gasteiger partial charge is 0.293 e. The average molecular weight is 276 g/mol. The lowest BCUT2D eigenvalue weighted by atomic mass is 10.2. The van der Waals surface area contributed by atoms with Crippen LogP contribution in [-0.4, -0.2) is 4.57 Å². The van der Waals surface area contributed by atoms with Gasteiger partial charge in [0.05, 0.1) is 21.8 Å². The van der Waals surface area contributed by atoms with Crippen LogP contribution < -0.4 is 4.87 Å². The second-order valence-corrected chi connectivity index (χ2v) is 5.43. The van der Waals surface area contributed by atoms with E-state index in [4.69, 9.17) is 11.6 Å². The van der Waals surface area contributed by atoms with E-state index in [1.807, 2.05) is 48.5 Å². The molecule has 0 spiro atoms. The van der Waals surface area contributed by atoms with Crippen molar-refractivity contribution in [2.45, 2.75) is 6.54 Å². The fraction of sp³-hybridized carbons (Fsp3) is 0.0714. The first-order chi connectivity index (χ1) is 8.75. The van der Waals surface area contributed by atoms with E-state index in [0.717, 1.165) is 15.8 Å². The highest BCUT2D eigenvalue weighted by atomic mass is 35.5. The molecule has 0 aliphatic carbocycles. The topological polar surface area (TPSA) is 22.0 Å². The Morgan fingerprint density at radius 1 is 1.06 bits per heavy atom. The highest BCUT2D eigenvalue weighted by Crippen LogP contribution is 2.25. The van der Waals surface area contributed by atoms with Crippen LogP contribution in [0.5, 0.6) is 0 Å². The molecule has 90 valence electrons. The second kappa shape index (κ2) is 4.59. The van der Waals surface area contributed by atoms with Gasteiger partial charge in [0.2, 0.25) is 0 Å². The molecule has 0 fully saturated rings. The van der Waals surface area contributed by atoms with Gasteiger partial charge in [-0.3, -0.25) is 9.36 Å². The third-order valence-corrected chi connectivity index (χ3v) is 4.07. The fourth-order valence-corrected chi connectivity index (χ4v) is 3.24. The zero-order chi connectivity index (χ0) is 12.5. The highest BCUT2D eigenvalue weighted by molar-refractivity contribution is 7.16. The van der Waals surface area contributed by atoms with Crippen molar-refractivity contribution < 1.29 is 0 Å². The molecule has 0 aliphatic heterocycles. The van der Waals surface area contributed by atoms with Crippen LogP contribution >= 0.6 is 22.9 Å². The summed E-state index contributed by atoms with van der Waals surface area (Å²) in [5, 5.41) is 0.627. The predicted octanol–water partition coefficient (Wildman–Crippen LogP) is 3.76. The number of hydrogen-bond acceptors (Lipinski definition) is 2. The average Bonchev–Trinajstić information content (AvgIpc) is 2.69. The first-order valence-corrected chi connectivity index (χ1v) is 6.77. The fourth-order valence-electron chi connectivity index (χ4n) is 1.99. The van der Waals surface area contributed by atoms with Gasteiger partial charge in [0, 0.05) is 0 Å². The number of rotatable bonds is 2. The Morgan fingerprint density at radius 2 is 1.83 bits per heavy atom. The normalized spacial score (nSPS) is 10.9. The molecule has 0 saturated heterocycles. The Morgan fingerprint density at radius 3 is 2.61 bits per heavy atom. The molecule has 0 saturated carbocycles. The molecule has 1 heterocycles. The van der Waals surface area contributed by atoms with Crippen molar-refractivity contribution in [1.29, 1.82) is 0 Å². The molecular weight excluding hydrogens is 266 g/mol. The largest absolute Gasteiger partial charge is 0.308 e. The zero-order valence-corrected chi connectivity index (χ0v) is 11.0. The monoisotopic (exact) mass is 275 g/mol. The van der Waals surface area contributed by atoms with E-state index < -0.39 is 0 Å². The summed E-state index contributed by atoms with van der Waals surface area (Å²) in [6, 6.07) is 15.5. The summed E-state index contributed by atoms with van der Waals surface area (Å²) >= 11 is 7.42. The van der Waals surface area contributed by atoms with E-state index >= 15 is 0 Å². The molecule has 3 aromatic rings. The molecule has 0 unspecified atom stereocenters. The lowest BCUT2D eigenvalue weighted by Gasteiger charge is -2.04. The van der Waals surface area contributed by atoms with Crippen molar-refractivity contribution in [3.05, 3.63) is 68.8 Å². The predicted molar refractivity (Wildman–Crippen MR) is 76.6 cm³/mol. The van der Waals surface area contributed by atoms with Gasteiger partial charge in [0.25, 0.3) is 0 Å². The molecule has 4 heteroatoms. The molecule has 3 rings (SSSR count). The number of nitrogens with zero attached hydrogens (tertiary/aromatic N) is 1. The van der Waals surface area contributed by atoms with Crippen molar-refractivity contribution in [2.75, 3.05) is 0 Å². The maximum absolute atomic E-state index is 12.0. The summed E-state index contributed by atoms with van der Waals surface area (Å²) in [6.07, 6.45) is 0. The van der Waals surface area contributed by atoms with Gasteiger partial charge in [-0.05, 0) is 17.7 Å². The van der Waals surface area contributed by atoms with Crippen molar-refractivity contribution in [2.24, 2.45) is 0 Å². The first kappa shape index (κ1) is 11.5. The van der Waals surface area contributed by atoms with Gasteiger partial charge in [0.1, 0.15) is 0 Å². The third-order valence-electron chi connectivity index (χ3n) is 2.82. The van der Waals surface area contributed by atoms with Gasteiger partial charge in [0.15, 0.2) is 0 Å². The van der Waals surface area contributed by atoms with Gasteiger partial charge in [-0.2, -0.15) is 0 Å². The van der Waals surface area contributed by atoms with Crippen LogP contribution in [0.4, 0.5) is 0 Å². The molecule has 0 amide bonds. The van der Waals surface area contributed by atoms with E-state index in [9.17, 15) is 4.79 Å². The van der Waals surface area contributed by atoms with Crippen molar-refractivity contribution >= 4 is 33.2 Å². The quantitative estimate of drug-likeness (QED) is 0.698. The Labute approximate surface area is 113 Å². The summed E-state index contributed by atoms with van der Waals surface area (Å²) in [5.74, 6) is 0. The Balaban J connectivity index is 2.17. The summed E-state index contributed by atoms with van der Waals surface area (Å²) in [6.45, 7) is 0.559. The molecule has 0 aliphatic rings. The van der Waals surface area contributed by atoms with E-state index in [0.29, 0.717) is 11.6 Å². The Hall–Kier alpha value is -1.58. The van der Waals surface area contributed by atoms with Crippen LogP contribution in [0.15, 0.2) is 53.3 Å². The second-order valence-electron chi connectivity index (χ2n) is 4.03. The van der Waals surface area contributed by atoms with Gasteiger partial charge in [-0.25, -0.2) is 0 Å². The molecule has 0 radical (unpaired) electrons. The van der Waals surface area contributed by atoms with Crippen LogP contribution in [0.1, 0.15) is 5.56 Å². The maximum atomic E-state index is 12.0. The van der Waals surface area contributed by atoms with E-state index in [-0.39, 0.29) is 4.87 Å². The number of halogens is 1. The minimum absolute atomic E-state index is 0.0296. The zero-order valence-electron chi connectivity index (χ0n) is 9.47. The molecule has 0 bridgehead atoms. The maximum Gasteiger partial charge on any atom is 0.308 e. The molecule has 2 nitrogen and oxygen atoms in total. The van der Waals surface area contributed by atoms with Gasteiger partial charge >= 0.3 is 4.87 Å². The van der Waals surface area contributed by atoms with Crippen molar-refractivity contribution in [1.82, 2.24) is 4.57 Å². The number of hydrogen-bond donors (Lipinski definition) is 0. The number of benzene rings is 2. The lowest BCUT2D eigenvalue weighted by Crippen LogP contribution is -2.13. The molecule has 0 N–H and O–H groups in total. The molecular formula is C14H10ClNOS. The number of aromatic nitrogens is 1. The van der Waals surface area contributed by atoms with Gasteiger partial charge in [-0.15, -0.1) is 0 Å². The first-order valence-electron chi connectivity index (χ1n) is 5.57. The van der Waals surface area contributed by atoms with Crippen LogP contribution in [0.3, 0.4) is 0 Å². The standard InChI is InChI=1S/C14H10ClNOS/c15-11-7-4-8-12-13(11)16(14(17)18-12)9-10-5-2-1-3-6-10/h1-8H,9H2. The van der Waals surface area contributed by atoms with Crippen molar-refractivity contribution in [3.63, 3.8) is 0 Å². The lowest BCUT2D eigenvalue weighted by molar-refractivity contribution is 0.816. The number of fused-ring (bicyclic) bond motifs is 1. The molecule has 1 aromatic heterocycles. The Kier molecular flexibility index (Phi) is 2.94. The van der Waals surface area contributed by atoms with Crippen LogP contribution in [0.25, 0.3) is 10.2 Å². The van der Waals surface area contributed by atoms with E-state index in [2.05, 4.69) is 0 Å². The summed E-state index contributed by atoms with van der Waals surface area (Å²) in [7, 11) is 0. The van der Waals surface area contributed by atoms with Crippen LogP contribution in [0.2, 0.25) is 5.02 Å². The number of thiazole rings is 1. The third kappa shape index (κ3) is 1.96. The molecule has 0 atom stereocenters. The van der Waals surface area contributed by atoms with Gasteiger partial charge in [-0.1, -0.05) is 59.3 Å². The van der Waals surface area contributed by atoms with Crippen LogP contribution in [0, 0.1) is 0 Å². The van der Waals surface area contributed by atoms with Crippen LogP contribution in [-0.2, 0) is 6.54 Å². The minimum atomic E-state index is 0.0296. The van der Waals surface area contributed by atoms with Gasteiger partial charge < -0.3 is 0 Å². The minimum Gasteiger partial charge on any atom is -0.293 e. The van der Waals surface area contributed by atoms with E-state index in [1.54, 1.807) is 4.57 Å².